The molecule has 0 saturated heterocycles. The van der Waals surface area contributed by atoms with Gasteiger partial charge < -0.3 is 19.9 Å². The van der Waals surface area contributed by atoms with E-state index in [9.17, 15) is 4.39 Å². The van der Waals surface area contributed by atoms with Crippen LogP contribution in [0.15, 0.2) is 67.3 Å². The summed E-state index contributed by atoms with van der Waals surface area (Å²) in [5.41, 5.74) is 7.49. The van der Waals surface area contributed by atoms with Crippen molar-refractivity contribution in [3.05, 3.63) is 78.6 Å². The van der Waals surface area contributed by atoms with E-state index in [1.54, 1.807) is 6.20 Å². The van der Waals surface area contributed by atoms with Crippen LogP contribution in [0.1, 0.15) is 12.5 Å². The van der Waals surface area contributed by atoms with Crippen molar-refractivity contribution in [1.82, 2.24) is 40.3 Å². The summed E-state index contributed by atoms with van der Waals surface area (Å²) in [5.74, 6) is 0.134. The first-order valence-electron chi connectivity index (χ1n) is 13.5. The van der Waals surface area contributed by atoms with Gasteiger partial charge in [0.2, 0.25) is 0 Å². The highest BCUT2D eigenvalue weighted by Gasteiger charge is 2.16. The highest BCUT2D eigenvalue weighted by molar-refractivity contribution is 5.99. The molecule has 0 atom stereocenters. The highest BCUT2D eigenvalue weighted by Crippen LogP contribution is 2.35. The van der Waals surface area contributed by atoms with Crippen molar-refractivity contribution in [2.75, 3.05) is 33.8 Å². The fraction of sp³-hybridized carbons (Fsp3) is 0.226. The maximum absolute atomic E-state index is 14.6. The third kappa shape index (κ3) is 5.65. The van der Waals surface area contributed by atoms with Crippen molar-refractivity contribution < 1.29 is 9.13 Å². The van der Waals surface area contributed by atoms with E-state index in [4.69, 9.17) is 4.74 Å². The van der Waals surface area contributed by atoms with Crippen LogP contribution in [0.4, 0.5) is 4.39 Å². The Balaban J connectivity index is 1.37. The molecule has 0 aliphatic carbocycles. The van der Waals surface area contributed by atoms with E-state index in [2.05, 4.69) is 54.5 Å². The number of fused-ring (bicyclic) bond motifs is 2. The molecule has 0 radical (unpaired) electrons. The molecule has 5 heterocycles. The van der Waals surface area contributed by atoms with Crippen LogP contribution < -0.4 is 10.1 Å². The van der Waals surface area contributed by atoms with Gasteiger partial charge in [0, 0.05) is 65.8 Å². The topological polar surface area (TPSA) is 108 Å². The standard InChI is InChI=1S/C31H31FN8O/c1-4-33-15-19-9-21(17-34-16-19)22-12-27-29(38-39-31(27)36-18-22)28-14-26-25(5-6-35-30(26)37-28)20-10-23(32)13-24(11-20)41-8-7-40(2)3/h5-6,9-14,16-18,33H,4,7-8,15H2,1-3H3,(H,35,37)(H,36,38,39). The normalized spacial score (nSPS) is 11.6. The predicted octanol–water partition coefficient (Wildman–Crippen LogP) is 5.42. The van der Waals surface area contributed by atoms with Gasteiger partial charge in [-0.3, -0.25) is 10.1 Å². The second kappa shape index (κ2) is 11.4. The Hall–Kier alpha value is -4.67. The van der Waals surface area contributed by atoms with Crippen molar-refractivity contribution in [3.8, 4) is 39.4 Å². The number of nitrogens with zero attached hydrogens (tertiary/aromatic N) is 5. The van der Waals surface area contributed by atoms with Gasteiger partial charge in [-0.15, -0.1) is 0 Å². The van der Waals surface area contributed by atoms with Gasteiger partial charge in [-0.1, -0.05) is 6.92 Å². The Morgan fingerprint density at radius 3 is 2.68 bits per heavy atom. The third-order valence-corrected chi connectivity index (χ3v) is 6.91. The quantitative estimate of drug-likeness (QED) is 0.209. The summed E-state index contributed by atoms with van der Waals surface area (Å²) in [6.07, 6.45) is 7.24. The average Bonchev–Trinajstić information content (AvgIpc) is 3.59. The number of benzene rings is 1. The number of nitrogens with one attached hydrogen (secondary N) is 3. The van der Waals surface area contributed by atoms with E-state index >= 15 is 0 Å². The summed E-state index contributed by atoms with van der Waals surface area (Å²) in [6.45, 7) is 4.93. The molecule has 0 spiro atoms. The number of likely N-dealkylation sites (N-methyl/N-ethyl adjacent to an activating group) is 1. The predicted molar refractivity (Wildman–Crippen MR) is 159 cm³/mol. The number of rotatable bonds is 10. The zero-order chi connectivity index (χ0) is 28.3. The van der Waals surface area contributed by atoms with E-state index in [1.165, 1.54) is 12.1 Å². The van der Waals surface area contributed by atoms with Crippen LogP contribution in [0.5, 0.6) is 5.75 Å². The van der Waals surface area contributed by atoms with Gasteiger partial charge >= 0.3 is 0 Å². The maximum Gasteiger partial charge on any atom is 0.181 e. The summed E-state index contributed by atoms with van der Waals surface area (Å²) in [7, 11) is 3.94. The van der Waals surface area contributed by atoms with Gasteiger partial charge in [0.15, 0.2) is 5.65 Å². The Kier molecular flexibility index (Phi) is 7.41. The Labute approximate surface area is 236 Å². The number of ether oxygens (including phenoxy) is 1. The molecule has 10 heteroatoms. The van der Waals surface area contributed by atoms with Crippen LogP contribution in [-0.4, -0.2) is 68.8 Å². The first-order chi connectivity index (χ1) is 20.0. The van der Waals surface area contributed by atoms with E-state index < -0.39 is 0 Å². The largest absolute Gasteiger partial charge is 0.492 e. The average molecular weight is 551 g/mol. The van der Waals surface area contributed by atoms with Gasteiger partial charge in [-0.05, 0) is 73.7 Å². The van der Waals surface area contributed by atoms with Crippen molar-refractivity contribution in [1.29, 1.82) is 0 Å². The third-order valence-electron chi connectivity index (χ3n) is 6.91. The molecular weight excluding hydrogens is 519 g/mol. The number of hydrogen-bond acceptors (Lipinski definition) is 7. The fourth-order valence-corrected chi connectivity index (χ4v) is 4.84. The van der Waals surface area contributed by atoms with Gasteiger partial charge in [-0.25, -0.2) is 14.4 Å². The van der Waals surface area contributed by atoms with Gasteiger partial charge in [0.25, 0.3) is 0 Å². The molecule has 41 heavy (non-hydrogen) atoms. The Bertz CT molecular complexity index is 1830. The lowest BCUT2D eigenvalue weighted by Crippen LogP contribution is -2.19. The van der Waals surface area contributed by atoms with Crippen LogP contribution in [0.2, 0.25) is 0 Å². The smallest absolute Gasteiger partial charge is 0.181 e. The minimum absolute atomic E-state index is 0.356. The molecule has 0 amide bonds. The fourth-order valence-electron chi connectivity index (χ4n) is 4.84. The molecule has 0 fully saturated rings. The number of aromatic nitrogens is 6. The Morgan fingerprint density at radius 2 is 1.83 bits per heavy atom. The monoisotopic (exact) mass is 550 g/mol. The highest BCUT2D eigenvalue weighted by atomic mass is 19.1. The van der Waals surface area contributed by atoms with Gasteiger partial charge in [0.05, 0.1) is 11.4 Å². The second-order valence-corrected chi connectivity index (χ2v) is 10.2. The molecule has 1 aromatic carbocycles. The zero-order valence-corrected chi connectivity index (χ0v) is 23.2. The number of aromatic amines is 2. The SMILES string of the molecule is CCNCc1cncc(-c2cnc3n[nH]c(-c4cc5c(-c6cc(F)cc(OCCN(C)C)c6)ccnc5[nH]4)c3c2)c1. The summed E-state index contributed by atoms with van der Waals surface area (Å²) >= 11 is 0. The number of halogens is 1. The molecule has 3 N–H and O–H groups in total. The number of H-pyrrole nitrogens is 2. The molecule has 0 aliphatic heterocycles. The van der Waals surface area contributed by atoms with Crippen LogP contribution in [0, 0.1) is 5.82 Å². The van der Waals surface area contributed by atoms with Gasteiger partial charge in [0.1, 0.15) is 23.8 Å². The zero-order valence-electron chi connectivity index (χ0n) is 23.2. The molecule has 0 unspecified atom stereocenters. The molecule has 208 valence electrons. The van der Waals surface area contributed by atoms with E-state index in [-0.39, 0.29) is 5.82 Å². The minimum Gasteiger partial charge on any atom is -0.492 e. The van der Waals surface area contributed by atoms with Crippen LogP contribution in [-0.2, 0) is 6.54 Å². The molecule has 6 rings (SSSR count). The van der Waals surface area contributed by atoms with Gasteiger partial charge in [-0.2, -0.15) is 5.10 Å². The lowest BCUT2D eigenvalue weighted by Gasteiger charge is -2.12. The molecule has 0 saturated carbocycles. The molecule has 9 nitrogen and oxygen atoms in total. The van der Waals surface area contributed by atoms with Crippen molar-refractivity contribution in [2.24, 2.45) is 0 Å². The molecular formula is C31H31FN8O. The molecule has 6 aromatic rings. The van der Waals surface area contributed by atoms with Crippen molar-refractivity contribution in [2.45, 2.75) is 13.5 Å². The first-order valence-corrected chi connectivity index (χ1v) is 13.5. The van der Waals surface area contributed by atoms with Crippen LogP contribution in [0.25, 0.3) is 55.7 Å². The summed E-state index contributed by atoms with van der Waals surface area (Å²) in [6, 6.07) is 12.9. The molecule has 0 bridgehead atoms. The van der Waals surface area contributed by atoms with Crippen molar-refractivity contribution >= 4 is 22.1 Å². The summed E-state index contributed by atoms with van der Waals surface area (Å²) < 4.78 is 20.4. The van der Waals surface area contributed by atoms with Crippen molar-refractivity contribution in [3.63, 3.8) is 0 Å². The lowest BCUT2D eigenvalue weighted by molar-refractivity contribution is 0.260. The van der Waals surface area contributed by atoms with E-state index in [0.717, 1.165) is 64.0 Å². The number of pyridine rings is 3. The summed E-state index contributed by atoms with van der Waals surface area (Å²) in [5, 5.41) is 12.6. The van der Waals surface area contributed by atoms with Crippen LogP contribution in [0.3, 0.4) is 0 Å². The lowest BCUT2D eigenvalue weighted by atomic mass is 10.0. The maximum atomic E-state index is 14.6. The minimum atomic E-state index is -0.356. The molecule has 0 aliphatic rings. The van der Waals surface area contributed by atoms with E-state index in [1.807, 2.05) is 55.8 Å². The molecule has 5 aromatic heterocycles. The first kappa shape index (κ1) is 26.5. The van der Waals surface area contributed by atoms with E-state index in [0.29, 0.717) is 29.2 Å². The Morgan fingerprint density at radius 1 is 0.951 bits per heavy atom. The summed E-state index contributed by atoms with van der Waals surface area (Å²) in [4.78, 5) is 19.0. The number of hydrogen-bond donors (Lipinski definition) is 3. The second-order valence-electron chi connectivity index (χ2n) is 10.2. The van der Waals surface area contributed by atoms with Crippen LogP contribution >= 0.6 is 0 Å².